The van der Waals surface area contributed by atoms with Gasteiger partial charge in [-0.1, -0.05) is 27.7 Å². The number of ether oxygens (including phenoxy) is 1. The molecule has 3 atom stereocenters. The molecule has 0 fully saturated rings. The van der Waals surface area contributed by atoms with Crippen molar-refractivity contribution in [2.45, 2.75) is 46.3 Å². The van der Waals surface area contributed by atoms with E-state index in [0.29, 0.717) is 11.3 Å². The van der Waals surface area contributed by atoms with Crippen LogP contribution in [0, 0.1) is 11.8 Å². The highest BCUT2D eigenvalue weighted by molar-refractivity contribution is 9.11. The fourth-order valence-electron chi connectivity index (χ4n) is 2.05. The maximum atomic E-state index is 12.1. The Labute approximate surface area is 127 Å². The van der Waals surface area contributed by atoms with Gasteiger partial charge in [-0.3, -0.25) is 0 Å². The van der Waals surface area contributed by atoms with Gasteiger partial charge < -0.3 is 9.84 Å². The molecule has 0 saturated carbocycles. The van der Waals surface area contributed by atoms with Gasteiger partial charge >= 0.3 is 5.97 Å². The van der Waals surface area contributed by atoms with E-state index in [2.05, 4.69) is 15.9 Å². The van der Waals surface area contributed by atoms with Crippen molar-refractivity contribution in [3.05, 3.63) is 20.8 Å². The number of thiophene rings is 1. The molecular weight excluding hydrogens is 328 g/mol. The summed E-state index contributed by atoms with van der Waals surface area (Å²) in [5, 5.41) is 9.94. The number of hydrogen-bond acceptors (Lipinski definition) is 4. The Hall–Kier alpha value is -0.390. The minimum atomic E-state index is -0.449. The Balaban J connectivity index is 2.76. The summed E-state index contributed by atoms with van der Waals surface area (Å²) >= 11 is 4.68. The molecule has 0 saturated heterocycles. The highest BCUT2D eigenvalue weighted by Gasteiger charge is 2.30. The van der Waals surface area contributed by atoms with Gasteiger partial charge in [0.25, 0.3) is 0 Å². The van der Waals surface area contributed by atoms with Crippen molar-refractivity contribution in [1.29, 1.82) is 0 Å². The predicted octanol–water partition coefficient (Wildman–Crippen LogP) is 4.10. The molecule has 108 valence electrons. The van der Waals surface area contributed by atoms with E-state index < -0.39 is 6.10 Å². The first-order chi connectivity index (χ1) is 8.86. The molecule has 0 spiro atoms. The van der Waals surface area contributed by atoms with Crippen molar-refractivity contribution in [3.63, 3.8) is 0 Å². The Morgan fingerprint density at radius 1 is 1.42 bits per heavy atom. The summed E-state index contributed by atoms with van der Waals surface area (Å²) in [5.41, 5.74) is 0. The largest absolute Gasteiger partial charge is 0.458 e. The molecule has 1 aromatic rings. The smallest absolute Gasteiger partial charge is 0.348 e. The maximum Gasteiger partial charge on any atom is 0.348 e. The second-order valence-electron chi connectivity index (χ2n) is 5.05. The Morgan fingerprint density at radius 3 is 2.47 bits per heavy atom. The molecule has 3 nitrogen and oxygen atoms in total. The molecular formula is C14H21BrO3S. The zero-order valence-electron chi connectivity index (χ0n) is 11.7. The molecule has 0 aliphatic carbocycles. The van der Waals surface area contributed by atoms with Gasteiger partial charge in [-0.15, -0.1) is 11.3 Å². The van der Waals surface area contributed by atoms with Crippen molar-refractivity contribution >= 4 is 33.2 Å². The van der Waals surface area contributed by atoms with Crippen LogP contribution in [0.1, 0.15) is 43.8 Å². The van der Waals surface area contributed by atoms with E-state index >= 15 is 0 Å². The number of hydrogen-bond donors (Lipinski definition) is 1. The van der Waals surface area contributed by atoms with E-state index in [1.54, 1.807) is 6.07 Å². The zero-order valence-corrected chi connectivity index (χ0v) is 14.1. The fourth-order valence-corrected chi connectivity index (χ4v) is 3.32. The van der Waals surface area contributed by atoms with Crippen LogP contribution in [-0.2, 0) is 4.74 Å². The van der Waals surface area contributed by atoms with Gasteiger partial charge in [-0.05, 0) is 40.4 Å². The molecule has 1 aromatic heterocycles. The van der Waals surface area contributed by atoms with Gasteiger partial charge in [-0.25, -0.2) is 4.79 Å². The molecule has 19 heavy (non-hydrogen) atoms. The molecule has 5 heteroatoms. The summed E-state index contributed by atoms with van der Waals surface area (Å²) < 4.78 is 6.49. The molecule has 1 rings (SSSR count). The monoisotopic (exact) mass is 348 g/mol. The van der Waals surface area contributed by atoms with Crippen molar-refractivity contribution < 1.29 is 14.6 Å². The van der Waals surface area contributed by atoms with Gasteiger partial charge in [0, 0.05) is 5.92 Å². The van der Waals surface area contributed by atoms with Crippen molar-refractivity contribution in [1.82, 2.24) is 0 Å². The van der Waals surface area contributed by atoms with Gasteiger partial charge in [0.05, 0.1) is 9.89 Å². The van der Waals surface area contributed by atoms with Gasteiger partial charge in [0.15, 0.2) is 0 Å². The third kappa shape index (κ3) is 4.58. The summed E-state index contributed by atoms with van der Waals surface area (Å²) in [6.45, 7) is 7.86. The molecule has 0 radical (unpaired) electrons. The molecule has 0 unspecified atom stereocenters. The quantitative estimate of drug-likeness (QED) is 0.787. The standard InChI is InChI=1S/C14H21BrO3S/c1-5-10(16)9(4)13(8(2)3)18-14(17)11-6-7-12(15)19-11/h6-10,13,16H,5H2,1-4H3/t9-,10-,13-/m0/s1. The second kappa shape index (κ2) is 7.41. The normalized spacial score (nSPS) is 16.2. The van der Waals surface area contributed by atoms with Gasteiger partial charge in [0.2, 0.25) is 0 Å². The third-order valence-corrected chi connectivity index (χ3v) is 4.82. The maximum absolute atomic E-state index is 12.1. The van der Waals surface area contributed by atoms with E-state index in [1.165, 1.54) is 11.3 Å². The number of aliphatic hydroxyl groups excluding tert-OH is 1. The Kier molecular flexibility index (Phi) is 6.50. The number of rotatable bonds is 6. The lowest BCUT2D eigenvalue weighted by atomic mass is 9.89. The third-order valence-electron chi connectivity index (χ3n) is 3.22. The van der Waals surface area contributed by atoms with Crippen LogP contribution >= 0.6 is 27.3 Å². The Morgan fingerprint density at radius 2 is 2.05 bits per heavy atom. The lowest BCUT2D eigenvalue weighted by Crippen LogP contribution is -2.36. The van der Waals surface area contributed by atoms with Crippen LogP contribution in [0.15, 0.2) is 15.9 Å². The average molecular weight is 349 g/mol. The summed E-state index contributed by atoms with van der Waals surface area (Å²) in [5.74, 6) is -0.217. The molecule has 0 bridgehead atoms. The summed E-state index contributed by atoms with van der Waals surface area (Å²) in [4.78, 5) is 12.7. The van der Waals surface area contributed by atoms with Crippen LogP contribution in [0.3, 0.4) is 0 Å². The fraction of sp³-hybridized carbons (Fsp3) is 0.643. The van der Waals surface area contributed by atoms with Crippen molar-refractivity contribution in [2.24, 2.45) is 11.8 Å². The average Bonchev–Trinajstić information content (AvgIpc) is 2.80. The molecule has 0 aromatic carbocycles. The topological polar surface area (TPSA) is 46.5 Å². The number of carbonyl (C=O) groups excluding carboxylic acids is 1. The first kappa shape index (κ1) is 16.7. The van der Waals surface area contributed by atoms with Crippen molar-refractivity contribution in [2.75, 3.05) is 0 Å². The number of halogens is 1. The summed E-state index contributed by atoms with van der Waals surface area (Å²) in [6.07, 6.45) is -0.0643. The van der Waals surface area contributed by atoms with Crippen LogP contribution in [0.25, 0.3) is 0 Å². The van der Waals surface area contributed by atoms with E-state index in [-0.39, 0.29) is 23.9 Å². The van der Waals surface area contributed by atoms with Crippen LogP contribution in [0.5, 0.6) is 0 Å². The summed E-state index contributed by atoms with van der Waals surface area (Å²) in [7, 11) is 0. The van der Waals surface area contributed by atoms with E-state index in [1.807, 2.05) is 33.8 Å². The van der Waals surface area contributed by atoms with Crippen LogP contribution < -0.4 is 0 Å². The molecule has 1 N–H and O–H groups in total. The number of esters is 1. The number of carbonyl (C=O) groups is 1. The van der Waals surface area contributed by atoms with Gasteiger partial charge in [0.1, 0.15) is 11.0 Å². The minimum Gasteiger partial charge on any atom is -0.458 e. The van der Waals surface area contributed by atoms with Crippen molar-refractivity contribution in [3.8, 4) is 0 Å². The van der Waals surface area contributed by atoms with Gasteiger partial charge in [-0.2, -0.15) is 0 Å². The first-order valence-corrected chi connectivity index (χ1v) is 8.12. The first-order valence-electron chi connectivity index (χ1n) is 6.51. The van der Waals surface area contributed by atoms with E-state index in [9.17, 15) is 9.90 Å². The minimum absolute atomic E-state index is 0.0719. The molecule has 1 heterocycles. The molecule has 0 aliphatic heterocycles. The zero-order chi connectivity index (χ0) is 14.6. The Bertz CT molecular complexity index is 417. The van der Waals surface area contributed by atoms with Crippen LogP contribution in [-0.4, -0.2) is 23.3 Å². The lowest BCUT2D eigenvalue weighted by molar-refractivity contribution is -0.0312. The number of aliphatic hydroxyl groups is 1. The highest BCUT2D eigenvalue weighted by atomic mass is 79.9. The van der Waals surface area contributed by atoms with Crippen LogP contribution in [0.2, 0.25) is 0 Å². The molecule has 0 amide bonds. The second-order valence-corrected chi connectivity index (χ2v) is 7.52. The van der Waals surface area contributed by atoms with E-state index in [0.717, 1.165) is 3.79 Å². The lowest BCUT2D eigenvalue weighted by Gasteiger charge is -2.30. The summed E-state index contributed by atoms with van der Waals surface area (Å²) in [6, 6.07) is 3.57. The highest BCUT2D eigenvalue weighted by Crippen LogP contribution is 2.26. The van der Waals surface area contributed by atoms with E-state index in [4.69, 9.17) is 4.74 Å². The van der Waals surface area contributed by atoms with Crippen LogP contribution in [0.4, 0.5) is 0 Å². The molecule has 0 aliphatic rings. The SMILES string of the molecule is CC[C@H](O)[C@H](C)[C@@H](OC(=O)c1ccc(Br)s1)C(C)C. The predicted molar refractivity (Wildman–Crippen MR) is 81.5 cm³/mol.